The van der Waals surface area contributed by atoms with Gasteiger partial charge in [0.25, 0.3) is 5.91 Å². The van der Waals surface area contributed by atoms with Crippen LogP contribution in [0.5, 0.6) is 11.5 Å². The Morgan fingerprint density at radius 1 is 0.967 bits per heavy atom. The summed E-state index contributed by atoms with van der Waals surface area (Å²) in [5, 5.41) is 13.9. The van der Waals surface area contributed by atoms with Gasteiger partial charge in [-0.1, -0.05) is 43.3 Å². The summed E-state index contributed by atoms with van der Waals surface area (Å²) in [6, 6.07) is 22.8. The van der Waals surface area contributed by atoms with Crippen molar-refractivity contribution < 1.29 is 14.6 Å². The number of aromatic nitrogens is 1. The number of aromatic hydroxyl groups is 1. The monoisotopic (exact) mass is 400 g/mol. The second-order valence-corrected chi connectivity index (χ2v) is 7.25. The van der Waals surface area contributed by atoms with Crippen LogP contribution in [-0.4, -0.2) is 16.0 Å². The molecule has 3 N–H and O–H groups in total. The number of carbonyl (C=O) groups excluding carboxylic acids is 1. The number of aromatic amines is 1. The number of aryl methyl sites for hydroxylation is 1. The molecule has 0 spiro atoms. The Balaban J connectivity index is 1.41. The number of rotatable bonds is 7. The molecular weight excluding hydrogens is 376 g/mol. The molecule has 0 aliphatic heterocycles. The molecule has 4 aromatic rings. The van der Waals surface area contributed by atoms with E-state index in [1.807, 2.05) is 48.5 Å². The van der Waals surface area contributed by atoms with Gasteiger partial charge in [-0.25, -0.2) is 0 Å². The van der Waals surface area contributed by atoms with Crippen LogP contribution in [0.3, 0.4) is 0 Å². The standard InChI is InChI=1S/C25H24N2O3/c1-2-17-8-9-23-20(10-17)13-24(27-23)25(29)26-15-19-11-21(28)14-22(12-19)30-16-18-6-4-3-5-7-18/h3-14,27-28H,2,15-16H2,1H3,(H,26,29). The van der Waals surface area contributed by atoms with Gasteiger partial charge in [-0.05, 0) is 53.4 Å². The van der Waals surface area contributed by atoms with Crippen LogP contribution < -0.4 is 10.1 Å². The maximum absolute atomic E-state index is 12.6. The van der Waals surface area contributed by atoms with E-state index in [1.54, 1.807) is 12.1 Å². The average Bonchev–Trinajstić information content (AvgIpc) is 3.20. The van der Waals surface area contributed by atoms with Gasteiger partial charge in [0.1, 0.15) is 23.8 Å². The number of carbonyl (C=O) groups is 1. The van der Waals surface area contributed by atoms with Crippen LogP contribution in [0.15, 0.2) is 72.8 Å². The summed E-state index contributed by atoms with van der Waals surface area (Å²) in [5.41, 5.74) is 4.48. The van der Waals surface area contributed by atoms with Crippen LogP contribution >= 0.6 is 0 Å². The highest BCUT2D eigenvalue weighted by Crippen LogP contribution is 2.23. The van der Waals surface area contributed by atoms with Crippen LogP contribution in [0.4, 0.5) is 0 Å². The molecule has 0 aliphatic rings. The van der Waals surface area contributed by atoms with Crippen LogP contribution in [0.25, 0.3) is 10.9 Å². The third-order valence-corrected chi connectivity index (χ3v) is 4.99. The van der Waals surface area contributed by atoms with Crippen LogP contribution in [-0.2, 0) is 19.6 Å². The molecule has 1 heterocycles. The minimum absolute atomic E-state index is 0.0996. The van der Waals surface area contributed by atoms with Crippen LogP contribution in [0.1, 0.15) is 34.1 Å². The Hall–Kier alpha value is -3.73. The van der Waals surface area contributed by atoms with E-state index in [2.05, 4.69) is 29.4 Å². The Bertz CT molecular complexity index is 1170. The highest BCUT2D eigenvalue weighted by atomic mass is 16.5. The summed E-state index contributed by atoms with van der Waals surface area (Å²) >= 11 is 0. The zero-order valence-corrected chi connectivity index (χ0v) is 16.8. The maximum atomic E-state index is 12.6. The molecule has 1 amide bonds. The van der Waals surface area contributed by atoms with E-state index in [4.69, 9.17) is 4.74 Å². The lowest BCUT2D eigenvalue weighted by atomic mass is 10.1. The summed E-state index contributed by atoms with van der Waals surface area (Å²) in [6.45, 7) is 2.80. The first-order chi connectivity index (χ1) is 14.6. The van der Waals surface area contributed by atoms with Crippen molar-refractivity contribution in [2.24, 2.45) is 0 Å². The summed E-state index contributed by atoms with van der Waals surface area (Å²) in [5.74, 6) is 0.461. The predicted octanol–water partition coefficient (Wildman–Crippen LogP) is 4.94. The average molecular weight is 400 g/mol. The molecule has 0 radical (unpaired) electrons. The predicted molar refractivity (Wildman–Crippen MR) is 118 cm³/mol. The van der Waals surface area contributed by atoms with E-state index in [0.29, 0.717) is 18.1 Å². The molecule has 30 heavy (non-hydrogen) atoms. The number of phenols is 1. The molecule has 5 nitrogen and oxygen atoms in total. The quantitative estimate of drug-likeness (QED) is 0.411. The summed E-state index contributed by atoms with van der Waals surface area (Å²) < 4.78 is 5.79. The number of hydrogen-bond acceptors (Lipinski definition) is 3. The number of phenolic OH excluding ortho intramolecular Hbond substituents is 1. The Morgan fingerprint density at radius 2 is 1.80 bits per heavy atom. The van der Waals surface area contributed by atoms with Gasteiger partial charge in [0.05, 0.1) is 0 Å². The van der Waals surface area contributed by atoms with Crippen molar-refractivity contribution in [1.29, 1.82) is 0 Å². The highest BCUT2D eigenvalue weighted by Gasteiger charge is 2.10. The number of H-pyrrole nitrogens is 1. The Labute approximate surface area is 175 Å². The van der Waals surface area contributed by atoms with Gasteiger partial charge in [-0.3, -0.25) is 4.79 Å². The molecule has 0 unspecified atom stereocenters. The molecule has 152 valence electrons. The second-order valence-electron chi connectivity index (χ2n) is 7.25. The van der Waals surface area contributed by atoms with E-state index in [1.165, 1.54) is 5.56 Å². The lowest BCUT2D eigenvalue weighted by Gasteiger charge is -2.10. The van der Waals surface area contributed by atoms with Gasteiger partial charge >= 0.3 is 0 Å². The lowest BCUT2D eigenvalue weighted by Crippen LogP contribution is -2.23. The Kier molecular flexibility index (Phi) is 5.70. The summed E-state index contributed by atoms with van der Waals surface area (Å²) in [4.78, 5) is 15.7. The van der Waals surface area contributed by atoms with Gasteiger partial charge in [0.2, 0.25) is 0 Å². The van der Waals surface area contributed by atoms with Gasteiger partial charge in [0, 0.05) is 23.5 Å². The maximum Gasteiger partial charge on any atom is 0.267 e. The molecule has 4 rings (SSSR count). The van der Waals surface area contributed by atoms with E-state index >= 15 is 0 Å². The summed E-state index contributed by atoms with van der Waals surface area (Å²) in [7, 11) is 0. The van der Waals surface area contributed by atoms with Gasteiger partial charge in [-0.15, -0.1) is 0 Å². The van der Waals surface area contributed by atoms with E-state index in [0.717, 1.165) is 28.5 Å². The molecule has 1 aromatic heterocycles. The van der Waals surface area contributed by atoms with Crippen molar-refractivity contribution in [2.75, 3.05) is 0 Å². The molecule has 0 aliphatic carbocycles. The minimum atomic E-state index is -0.195. The number of hydrogen-bond donors (Lipinski definition) is 3. The van der Waals surface area contributed by atoms with Crippen LogP contribution in [0.2, 0.25) is 0 Å². The largest absolute Gasteiger partial charge is 0.508 e. The van der Waals surface area contributed by atoms with Crippen molar-refractivity contribution in [3.05, 3.63) is 95.2 Å². The molecule has 0 saturated carbocycles. The number of amides is 1. The molecular formula is C25H24N2O3. The Morgan fingerprint density at radius 3 is 2.60 bits per heavy atom. The van der Waals surface area contributed by atoms with Crippen molar-refractivity contribution in [1.82, 2.24) is 10.3 Å². The number of nitrogens with one attached hydrogen (secondary N) is 2. The first-order valence-electron chi connectivity index (χ1n) is 10.00. The smallest absolute Gasteiger partial charge is 0.267 e. The van der Waals surface area contributed by atoms with E-state index in [9.17, 15) is 9.90 Å². The fourth-order valence-electron chi connectivity index (χ4n) is 3.37. The van der Waals surface area contributed by atoms with E-state index in [-0.39, 0.29) is 18.2 Å². The molecule has 0 fully saturated rings. The zero-order valence-electron chi connectivity index (χ0n) is 16.8. The van der Waals surface area contributed by atoms with Gasteiger partial charge in [-0.2, -0.15) is 0 Å². The van der Waals surface area contributed by atoms with Gasteiger partial charge in [0.15, 0.2) is 0 Å². The number of benzene rings is 3. The SMILES string of the molecule is CCc1ccc2[nH]c(C(=O)NCc3cc(O)cc(OCc4ccccc4)c3)cc2c1. The third kappa shape index (κ3) is 4.63. The van der Waals surface area contributed by atoms with Crippen molar-refractivity contribution in [2.45, 2.75) is 26.5 Å². The highest BCUT2D eigenvalue weighted by molar-refractivity contribution is 5.98. The van der Waals surface area contributed by atoms with Crippen molar-refractivity contribution in [3.63, 3.8) is 0 Å². The minimum Gasteiger partial charge on any atom is -0.508 e. The molecule has 0 bridgehead atoms. The first-order valence-corrected chi connectivity index (χ1v) is 10.00. The zero-order chi connectivity index (χ0) is 20.9. The van der Waals surface area contributed by atoms with Crippen molar-refractivity contribution >= 4 is 16.8 Å². The molecule has 5 heteroatoms. The summed E-state index contributed by atoms with van der Waals surface area (Å²) in [6.07, 6.45) is 0.953. The second kappa shape index (κ2) is 8.74. The fourth-order valence-corrected chi connectivity index (χ4v) is 3.37. The lowest BCUT2D eigenvalue weighted by molar-refractivity contribution is 0.0946. The van der Waals surface area contributed by atoms with E-state index < -0.39 is 0 Å². The molecule has 0 atom stereocenters. The third-order valence-electron chi connectivity index (χ3n) is 4.99. The number of ether oxygens (including phenoxy) is 1. The fraction of sp³-hybridized carbons (Fsp3) is 0.160. The number of fused-ring (bicyclic) bond motifs is 1. The van der Waals surface area contributed by atoms with Crippen molar-refractivity contribution in [3.8, 4) is 11.5 Å². The topological polar surface area (TPSA) is 74.4 Å². The molecule has 3 aromatic carbocycles. The normalized spacial score (nSPS) is 10.8. The molecule has 0 saturated heterocycles. The van der Waals surface area contributed by atoms with Crippen LogP contribution in [0, 0.1) is 0 Å². The first kappa shape index (κ1) is 19.6. The van der Waals surface area contributed by atoms with Gasteiger partial charge < -0.3 is 20.1 Å².